The molecule has 0 aromatic carbocycles. The van der Waals surface area contributed by atoms with Gasteiger partial charge in [0.05, 0.1) is 22.2 Å². The molecule has 0 saturated heterocycles. The SMILES string of the molecule is CC(CN)c1nc2c(s1)CS(=O)(=O)CC2. The number of aryl methyl sites for hydroxylation is 1. The summed E-state index contributed by atoms with van der Waals surface area (Å²) >= 11 is 1.50. The molecule has 0 fully saturated rings. The zero-order valence-corrected chi connectivity index (χ0v) is 10.2. The molecule has 1 aliphatic rings. The standard InChI is InChI=1S/C9H14N2O2S2/c1-6(4-10)9-11-7-2-3-15(12,13)5-8(7)14-9/h6H,2-5,10H2,1H3. The van der Waals surface area contributed by atoms with E-state index in [1.807, 2.05) is 6.92 Å². The summed E-state index contributed by atoms with van der Waals surface area (Å²) in [6.45, 7) is 2.57. The second-order valence-corrected chi connectivity index (χ2v) is 7.20. The molecule has 0 aliphatic carbocycles. The van der Waals surface area contributed by atoms with Crippen molar-refractivity contribution in [2.45, 2.75) is 25.0 Å². The molecule has 1 aromatic rings. The van der Waals surface area contributed by atoms with E-state index in [-0.39, 0.29) is 17.4 Å². The minimum atomic E-state index is -2.88. The Morgan fingerprint density at radius 3 is 3.00 bits per heavy atom. The van der Waals surface area contributed by atoms with Crippen LogP contribution in [0, 0.1) is 0 Å². The van der Waals surface area contributed by atoms with Gasteiger partial charge >= 0.3 is 0 Å². The minimum absolute atomic E-state index is 0.164. The van der Waals surface area contributed by atoms with Gasteiger partial charge in [-0.3, -0.25) is 0 Å². The molecular formula is C9H14N2O2S2. The summed E-state index contributed by atoms with van der Waals surface area (Å²) in [6, 6.07) is 0. The van der Waals surface area contributed by atoms with Crippen LogP contribution in [0.15, 0.2) is 0 Å². The van der Waals surface area contributed by atoms with Crippen LogP contribution in [-0.4, -0.2) is 25.7 Å². The topological polar surface area (TPSA) is 73.0 Å². The third-order valence-corrected chi connectivity index (χ3v) is 5.64. The van der Waals surface area contributed by atoms with E-state index in [0.717, 1.165) is 15.6 Å². The van der Waals surface area contributed by atoms with E-state index < -0.39 is 9.84 Å². The predicted octanol–water partition coefficient (Wildman–Crippen LogP) is 0.676. The number of aromatic nitrogens is 1. The van der Waals surface area contributed by atoms with Gasteiger partial charge in [0.25, 0.3) is 0 Å². The van der Waals surface area contributed by atoms with Crippen molar-refractivity contribution in [3.63, 3.8) is 0 Å². The van der Waals surface area contributed by atoms with Crippen LogP contribution in [0.25, 0.3) is 0 Å². The second-order valence-electron chi connectivity index (χ2n) is 3.90. The van der Waals surface area contributed by atoms with E-state index in [1.54, 1.807) is 0 Å². The first-order valence-corrected chi connectivity index (χ1v) is 7.54. The van der Waals surface area contributed by atoms with E-state index >= 15 is 0 Å². The average molecular weight is 246 g/mol. The highest BCUT2D eigenvalue weighted by atomic mass is 32.2. The smallest absolute Gasteiger partial charge is 0.155 e. The Kier molecular flexibility index (Phi) is 2.83. The fraction of sp³-hybridized carbons (Fsp3) is 0.667. The van der Waals surface area contributed by atoms with Gasteiger partial charge in [0.1, 0.15) is 0 Å². The van der Waals surface area contributed by atoms with Crippen LogP contribution in [0.4, 0.5) is 0 Å². The zero-order chi connectivity index (χ0) is 11.1. The number of nitrogens with two attached hydrogens (primary N) is 1. The quantitative estimate of drug-likeness (QED) is 0.832. The largest absolute Gasteiger partial charge is 0.330 e. The fourth-order valence-electron chi connectivity index (χ4n) is 1.55. The fourth-order valence-corrected chi connectivity index (χ4v) is 4.51. The van der Waals surface area contributed by atoms with Gasteiger partial charge in [0.15, 0.2) is 9.84 Å². The van der Waals surface area contributed by atoms with Crippen molar-refractivity contribution in [1.29, 1.82) is 0 Å². The summed E-state index contributed by atoms with van der Waals surface area (Å²) in [4.78, 5) is 5.37. The molecule has 0 saturated carbocycles. The minimum Gasteiger partial charge on any atom is -0.330 e. The van der Waals surface area contributed by atoms with Gasteiger partial charge in [-0.1, -0.05) is 6.92 Å². The van der Waals surface area contributed by atoms with Crippen molar-refractivity contribution in [3.05, 3.63) is 15.6 Å². The number of fused-ring (bicyclic) bond motifs is 1. The monoisotopic (exact) mass is 246 g/mol. The summed E-state index contributed by atoms with van der Waals surface area (Å²) in [5, 5.41) is 0.972. The first-order valence-electron chi connectivity index (χ1n) is 4.91. The van der Waals surface area contributed by atoms with Crippen LogP contribution in [0.1, 0.15) is 28.4 Å². The van der Waals surface area contributed by atoms with Crippen LogP contribution in [0.3, 0.4) is 0 Å². The highest BCUT2D eigenvalue weighted by Gasteiger charge is 2.25. The third-order valence-electron chi connectivity index (χ3n) is 2.57. The molecule has 84 valence electrons. The lowest BCUT2D eigenvalue weighted by molar-refractivity contribution is 0.591. The molecule has 0 bridgehead atoms. The van der Waals surface area contributed by atoms with E-state index in [9.17, 15) is 8.42 Å². The van der Waals surface area contributed by atoms with Crippen molar-refractivity contribution >= 4 is 21.2 Å². The molecule has 2 heterocycles. The van der Waals surface area contributed by atoms with Gasteiger partial charge < -0.3 is 5.73 Å². The normalized spacial score (nSPS) is 20.9. The van der Waals surface area contributed by atoms with E-state index in [2.05, 4.69) is 4.98 Å². The van der Waals surface area contributed by atoms with Gasteiger partial charge in [0.2, 0.25) is 0 Å². The Hall–Kier alpha value is -0.460. The van der Waals surface area contributed by atoms with Crippen molar-refractivity contribution in [3.8, 4) is 0 Å². The maximum atomic E-state index is 11.4. The van der Waals surface area contributed by atoms with Crippen LogP contribution < -0.4 is 5.73 Å². The van der Waals surface area contributed by atoms with E-state index in [1.165, 1.54) is 11.3 Å². The van der Waals surface area contributed by atoms with Crippen LogP contribution in [0.2, 0.25) is 0 Å². The Morgan fingerprint density at radius 1 is 1.60 bits per heavy atom. The van der Waals surface area contributed by atoms with Crippen LogP contribution >= 0.6 is 11.3 Å². The van der Waals surface area contributed by atoms with Crippen molar-refractivity contribution in [2.75, 3.05) is 12.3 Å². The molecule has 2 rings (SSSR count). The van der Waals surface area contributed by atoms with Crippen molar-refractivity contribution in [1.82, 2.24) is 4.98 Å². The Balaban J connectivity index is 2.33. The first kappa shape index (κ1) is 11.0. The molecule has 1 unspecified atom stereocenters. The lowest BCUT2D eigenvalue weighted by Gasteiger charge is -2.09. The van der Waals surface area contributed by atoms with Crippen LogP contribution in [0.5, 0.6) is 0 Å². The lowest BCUT2D eigenvalue weighted by Crippen LogP contribution is -2.17. The molecule has 4 nitrogen and oxygen atoms in total. The number of nitrogens with zero attached hydrogens (tertiary/aromatic N) is 1. The average Bonchev–Trinajstić information content (AvgIpc) is 2.57. The maximum absolute atomic E-state index is 11.4. The molecule has 15 heavy (non-hydrogen) atoms. The Bertz CT molecular complexity index is 464. The molecule has 1 atom stereocenters. The van der Waals surface area contributed by atoms with E-state index in [0.29, 0.717) is 13.0 Å². The molecule has 0 spiro atoms. The molecule has 1 aliphatic heterocycles. The number of rotatable bonds is 2. The Labute approximate surface area is 93.4 Å². The summed E-state index contributed by atoms with van der Waals surface area (Å²) in [7, 11) is -2.88. The number of hydrogen-bond acceptors (Lipinski definition) is 5. The van der Waals surface area contributed by atoms with Gasteiger partial charge in [-0.2, -0.15) is 0 Å². The Morgan fingerprint density at radius 2 is 2.33 bits per heavy atom. The zero-order valence-electron chi connectivity index (χ0n) is 8.56. The highest BCUT2D eigenvalue weighted by Crippen LogP contribution is 2.29. The van der Waals surface area contributed by atoms with Gasteiger partial charge in [0, 0.05) is 23.8 Å². The van der Waals surface area contributed by atoms with Crippen molar-refractivity contribution in [2.24, 2.45) is 5.73 Å². The number of thiazole rings is 1. The maximum Gasteiger partial charge on any atom is 0.155 e. The predicted molar refractivity (Wildman–Crippen MR) is 60.8 cm³/mol. The van der Waals surface area contributed by atoms with Crippen LogP contribution in [-0.2, 0) is 22.0 Å². The highest BCUT2D eigenvalue weighted by molar-refractivity contribution is 7.90. The van der Waals surface area contributed by atoms with Gasteiger partial charge in [-0.05, 0) is 0 Å². The molecule has 0 amide bonds. The summed E-state index contributed by atoms with van der Waals surface area (Å²) in [5.41, 5.74) is 6.53. The summed E-state index contributed by atoms with van der Waals surface area (Å²) < 4.78 is 22.8. The number of sulfone groups is 1. The molecular weight excluding hydrogens is 232 g/mol. The second kappa shape index (κ2) is 3.84. The molecule has 2 N–H and O–H groups in total. The summed E-state index contributed by atoms with van der Waals surface area (Å²) in [5.74, 6) is 0.626. The molecule has 0 radical (unpaired) electrons. The first-order chi connectivity index (χ1) is 7.02. The van der Waals surface area contributed by atoms with Gasteiger partial charge in [-0.25, -0.2) is 13.4 Å². The number of hydrogen-bond donors (Lipinski definition) is 1. The third kappa shape index (κ3) is 2.21. The lowest BCUT2D eigenvalue weighted by atomic mass is 10.2. The van der Waals surface area contributed by atoms with Gasteiger partial charge in [-0.15, -0.1) is 11.3 Å². The van der Waals surface area contributed by atoms with Crippen molar-refractivity contribution < 1.29 is 8.42 Å². The van der Waals surface area contributed by atoms with E-state index in [4.69, 9.17) is 5.73 Å². The molecule has 1 aromatic heterocycles. The summed E-state index contributed by atoms with van der Waals surface area (Å²) in [6.07, 6.45) is 0.561. The molecule has 6 heteroatoms.